The van der Waals surface area contributed by atoms with Gasteiger partial charge < -0.3 is 9.47 Å². The first-order valence-electron chi connectivity index (χ1n) is 6.34. The first-order valence-corrected chi connectivity index (χ1v) is 7.78. The summed E-state index contributed by atoms with van der Waals surface area (Å²) in [5.41, 5.74) is 0.435. The van der Waals surface area contributed by atoms with Crippen molar-refractivity contribution in [2.24, 2.45) is 0 Å². The minimum atomic E-state index is -3.56. The van der Waals surface area contributed by atoms with E-state index in [0.717, 1.165) is 0 Å². The number of ether oxygens (including phenoxy) is 2. The number of nitrogens with zero attached hydrogens (tertiary/aromatic N) is 2. The third kappa shape index (κ3) is 2.21. The van der Waals surface area contributed by atoms with Crippen LogP contribution in [-0.2, 0) is 19.5 Å². The van der Waals surface area contributed by atoms with Gasteiger partial charge in [-0.05, 0) is 24.3 Å². The predicted octanol–water partition coefficient (Wildman–Crippen LogP) is 0.696. The molecule has 0 aliphatic carbocycles. The van der Waals surface area contributed by atoms with Crippen molar-refractivity contribution >= 4 is 10.0 Å². The lowest BCUT2D eigenvalue weighted by atomic mass is 10.2. The molecule has 1 spiro atoms. The maximum Gasteiger partial charge on any atom is 0.243 e. The Kier molecular flexibility index (Phi) is 3.26. The van der Waals surface area contributed by atoms with E-state index in [4.69, 9.17) is 14.7 Å². The Balaban J connectivity index is 1.83. The second kappa shape index (κ2) is 4.82. The average molecular weight is 294 g/mol. The number of nitriles is 1. The second-order valence-corrected chi connectivity index (χ2v) is 6.77. The molecule has 1 aromatic rings. The molecule has 0 radical (unpaired) electrons. The lowest BCUT2D eigenvalue weighted by Crippen LogP contribution is -2.36. The van der Waals surface area contributed by atoms with Crippen molar-refractivity contribution in [3.8, 4) is 6.07 Å². The molecule has 3 rings (SSSR count). The van der Waals surface area contributed by atoms with Crippen LogP contribution >= 0.6 is 0 Å². The van der Waals surface area contributed by atoms with Crippen LogP contribution in [0.3, 0.4) is 0 Å². The zero-order valence-corrected chi connectivity index (χ0v) is 11.6. The Hall–Kier alpha value is -1.46. The molecular formula is C13H14N2O4S. The normalized spacial score (nSPS) is 22.1. The average Bonchev–Trinajstić information content (AvgIpc) is 3.10. The van der Waals surface area contributed by atoms with Gasteiger partial charge in [0.1, 0.15) is 0 Å². The minimum Gasteiger partial charge on any atom is -0.346 e. The van der Waals surface area contributed by atoms with Gasteiger partial charge in [0.05, 0.1) is 36.3 Å². The van der Waals surface area contributed by atoms with Gasteiger partial charge in [-0.15, -0.1) is 0 Å². The van der Waals surface area contributed by atoms with Gasteiger partial charge in [-0.2, -0.15) is 9.57 Å². The summed E-state index contributed by atoms with van der Waals surface area (Å²) in [5.74, 6) is -0.764. The summed E-state index contributed by atoms with van der Waals surface area (Å²) >= 11 is 0. The molecule has 0 aromatic heterocycles. The van der Waals surface area contributed by atoms with Crippen molar-refractivity contribution < 1.29 is 17.9 Å². The van der Waals surface area contributed by atoms with Crippen LogP contribution in [0, 0.1) is 11.3 Å². The molecule has 0 amide bonds. The monoisotopic (exact) mass is 294 g/mol. The summed E-state index contributed by atoms with van der Waals surface area (Å²) in [4.78, 5) is 0.187. The highest BCUT2D eigenvalue weighted by Gasteiger charge is 2.47. The second-order valence-electron chi connectivity index (χ2n) is 4.83. The number of hydrogen-bond acceptors (Lipinski definition) is 5. The first-order chi connectivity index (χ1) is 9.56. The smallest absolute Gasteiger partial charge is 0.243 e. The Labute approximate surface area is 117 Å². The SMILES string of the molecule is N#Cc1ccc(S(=O)(=O)N2CCC3(C2)OCCO3)cc1. The number of hydrogen-bond donors (Lipinski definition) is 0. The van der Waals surface area contributed by atoms with Crippen LogP contribution in [0.4, 0.5) is 0 Å². The number of sulfonamides is 1. The van der Waals surface area contributed by atoms with Crippen LogP contribution in [0.5, 0.6) is 0 Å². The summed E-state index contributed by atoms with van der Waals surface area (Å²) in [5, 5.41) is 8.74. The lowest BCUT2D eigenvalue weighted by molar-refractivity contribution is -0.142. The molecule has 0 saturated carbocycles. The van der Waals surface area contributed by atoms with Gasteiger partial charge in [-0.1, -0.05) is 0 Å². The Morgan fingerprint density at radius 1 is 1.20 bits per heavy atom. The highest BCUT2D eigenvalue weighted by atomic mass is 32.2. The Morgan fingerprint density at radius 2 is 1.85 bits per heavy atom. The fourth-order valence-electron chi connectivity index (χ4n) is 2.51. The van der Waals surface area contributed by atoms with Crippen LogP contribution in [-0.4, -0.2) is 44.8 Å². The van der Waals surface area contributed by atoms with Gasteiger partial charge >= 0.3 is 0 Å². The molecule has 1 aromatic carbocycles. The van der Waals surface area contributed by atoms with E-state index in [1.165, 1.54) is 28.6 Å². The summed E-state index contributed by atoms with van der Waals surface area (Å²) < 4.78 is 37.4. The maximum absolute atomic E-state index is 12.5. The fraction of sp³-hybridized carbons (Fsp3) is 0.462. The maximum atomic E-state index is 12.5. The molecule has 0 unspecified atom stereocenters. The zero-order chi connectivity index (χ0) is 14.2. The Morgan fingerprint density at radius 3 is 2.45 bits per heavy atom. The van der Waals surface area contributed by atoms with E-state index >= 15 is 0 Å². The van der Waals surface area contributed by atoms with Crippen molar-refractivity contribution in [3.63, 3.8) is 0 Å². The number of rotatable bonds is 2. The predicted molar refractivity (Wildman–Crippen MR) is 69.2 cm³/mol. The topological polar surface area (TPSA) is 79.6 Å². The highest BCUT2D eigenvalue weighted by Crippen LogP contribution is 2.33. The summed E-state index contributed by atoms with van der Waals surface area (Å²) in [6.07, 6.45) is 0.544. The molecule has 6 nitrogen and oxygen atoms in total. The van der Waals surface area contributed by atoms with Gasteiger partial charge in [0.15, 0.2) is 5.79 Å². The van der Waals surface area contributed by atoms with E-state index in [1.807, 2.05) is 6.07 Å². The first kappa shape index (κ1) is 13.5. The molecule has 2 fully saturated rings. The van der Waals surface area contributed by atoms with Gasteiger partial charge in [0.2, 0.25) is 10.0 Å². The molecule has 0 N–H and O–H groups in total. The van der Waals surface area contributed by atoms with Crippen LogP contribution in [0.25, 0.3) is 0 Å². The van der Waals surface area contributed by atoms with Gasteiger partial charge in [-0.3, -0.25) is 0 Å². The van der Waals surface area contributed by atoms with Gasteiger partial charge in [0.25, 0.3) is 0 Å². The molecule has 20 heavy (non-hydrogen) atoms. The quantitative estimate of drug-likeness (QED) is 0.802. The standard InChI is InChI=1S/C13H14N2O4S/c14-9-11-1-3-12(4-2-11)20(16,17)15-6-5-13(10-15)18-7-8-19-13/h1-4H,5-8,10H2. The van der Waals surface area contributed by atoms with Crippen molar-refractivity contribution in [3.05, 3.63) is 29.8 Å². The molecule has 2 saturated heterocycles. The minimum absolute atomic E-state index is 0.187. The largest absolute Gasteiger partial charge is 0.346 e. The third-order valence-electron chi connectivity index (χ3n) is 3.59. The summed E-state index contributed by atoms with van der Waals surface area (Å²) in [7, 11) is -3.56. The highest BCUT2D eigenvalue weighted by molar-refractivity contribution is 7.89. The lowest BCUT2D eigenvalue weighted by Gasteiger charge is -2.22. The molecular weight excluding hydrogens is 280 g/mol. The number of benzene rings is 1. The van der Waals surface area contributed by atoms with Crippen LogP contribution in [0.15, 0.2) is 29.2 Å². The van der Waals surface area contributed by atoms with Crippen molar-refractivity contribution in [2.45, 2.75) is 17.1 Å². The molecule has 106 valence electrons. The van der Waals surface area contributed by atoms with E-state index in [9.17, 15) is 8.42 Å². The summed E-state index contributed by atoms with van der Waals surface area (Å²) in [6, 6.07) is 7.88. The molecule has 0 bridgehead atoms. The van der Waals surface area contributed by atoms with E-state index in [2.05, 4.69) is 0 Å². The zero-order valence-electron chi connectivity index (χ0n) is 10.8. The van der Waals surface area contributed by atoms with Crippen molar-refractivity contribution in [2.75, 3.05) is 26.3 Å². The van der Waals surface area contributed by atoms with Gasteiger partial charge in [0, 0.05) is 13.0 Å². The van der Waals surface area contributed by atoms with E-state index in [-0.39, 0.29) is 11.4 Å². The van der Waals surface area contributed by atoms with Crippen LogP contribution < -0.4 is 0 Å². The van der Waals surface area contributed by atoms with Crippen molar-refractivity contribution in [1.29, 1.82) is 5.26 Å². The van der Waals surface area contributed by atoms with E-state index in [1.54, 1.807) is 0 Å². The van der Waals surface area contributed by atoms with E-state index < -0.39 is 15.8 Å². The molecule has 2 aliphatic heterocycles. The molecule has 2 aliphatic rings. The molecule has 7 heteroatoms. The molecule has 2 heterocycles. The van der Waals surface area contributed by atoms with Crippen molar-refractivity contribution in [1.82, 2.24) is 4.31 Å². The Bertz CT molecular complexity index is 642. The third-order valence-corrected chi connectivity index (χ3v) is 5.45. The fourth-order valence-corrected chi connectivity index (χ4v) is 3.99. The molecule has 0 atom stereocenters. The van der Waals surface area contributed by atoms with Crippen LogP contribution in [0.1, 0.15) is 12.0 Å². The van der Waals surface area contributed by atoms with E-state index in [0.29, 0.717) is 31.7 Å². The van der Waals surface area contributed by atoms with Crippen LogP contribution in [0.2, 0.25) is 0 Å². The summed E-state index contributed by atoms with van der Waals surface area (Å²) in [6.45, 7) is 1.60. The van der Waals surface area contributed by atoms with Gasteiger partial charge in [-0.25, -0.2) is 8.42 Å².